The quantitative estimate of drug-likeness (QED) is 0.620. The number of nitrogens with zero attached hydrogens (tertiary/aromatic N) is 1. The van der Waals surface area contributed by atoms with Crippen molar-refractivity contribution < 1.29 is 13.8 Å². The molecule has 4 nitrogen and oxygen atoms in total. The van der Waals surface area contributed by atoms with Gasteiger partial charge in [-0.15, -0.1) is 0 Å². The molecule has 0 saturated carbocycles. The van der Waals surface area contributed by atoms with Gasteiger partial charge in [-0.2, -0.15) is 0 Å². The minimum Gasteiger partial charge on any atom is -0.383 e. The lowest BCUT2D eigenvalue weighted by Gasteiger charge is -2.45. The first-order chi connectivity index (χ1) is 11.6. The second-order valence-corrected chi connectivity index (χ2v) is 8.50. The number of benzene rings is 3. The van der Waals surface area contributed by atoms with E-state index in [1.165, 1.54) is 0 Å². The topological polar surface area (TPSA) is 46.6 Å². The van der Waals surface area contributed by atoms with Crippen LogP contribution in [0.3, 0.4) is 0 Å². The normalized spacial score (nSPS) is 24.0. The highest BCUT2D eigenvalue weighted by Gasteiger charge is 2.51. The summed E-state index contributed by atoms with van der Waals surface area (Å²) in [6, 6.07) is 19.0. The molecule has 3 aromatic rings. The third kappa shape index (κ3) is 1.41. The smallest absolute Gasteiger partial charge is 0.351 e. The molecule has 0 bridgehead atoms. The van der Waals surface area contributed by atoms with Crippen LogP contribution in [0, 0.1) is 0 Å². The number of hydrogen-bond acceptors (Lipinski definition) is 3. The lowest BCUT2D eigenvalue weighted by atomic mass is 10.0. The van der Waals surface area contributed by atoms with Gasteiger partial charge in [0.05, 0.1) is 15.4 Å². The Morgan fingerprint density at radius 2 is 1.50 bits per heavy atom. The van der Waals surface area contributed by atoms with Crippen molar-refractivity contribution in [3.05, 3.63) is 71.8 Å². The van der Waals surface area contributed by atoms with Crippen LogP contribution in [0.5, 0.6) is 0 Å². The SMILES string of the molecule is CN1C(=O)c2cccc3cccc(c23)S12OC(=O)c1ccccc12. The molecule has 1 amide bonds. The molecule has 1 spiro atoms. The molecule has 0 aliphatic carbocycles. The lowest BCUT2D eigenvalue weighted by molar-refractivity contribution is 0.0755. The fourth-order valence-corrected chi connectivity index (χ4v) is 6.83. The van der Waals surface area contributed by atoms with Gasteiger partial charge in [0.2, 0.25) is 0 Å². The van der Waals surface area contributed by atoms with Crippen molar-refractivity contribution in [3.63, 3.8) is 0 Å². The van der Waals surface area contributed by atoms with Crippen LogP contribution in [0.1, 0.15) is 20.7 Å². The summed E-state index contributed by atoms with van der Waals surface area (Å²) in [5.74, 6) is -0.476. The fraction of sp³-hybridized carbons (Fsp3) is 0.0526. The average molecular weight is 335 g/mol. The Morgan fingerprint density at radius 3 is 2.33 bits per heavy atom. The highest BCUT2D eigenvalue weighted by molar-refractivity contribution is 8.29. The summed E-state index contributed by atoms with van der Waals surface area (Å²) in [5, 5.41) is 1.88. The first-order valence-corrected chi connectivity index (χ1v) is 9.12. The molecule has 2 aliphatic heterocycles. The van der Waals surface area contributed by atoms with E-state index in [0.29, 0.717) is 11.1 Å². The number of hydrogen-bond donors (Lipinski definition) is 0. The van der Waals surface area contributed by atoms with Crippen LogP contribution in [0.15, 0.2) is 70.5 Å². The molecular weight excluding hydrogens is 322 g/mol. The first-order valence-electron chi connectivity index (χ1n) is 7.61. The van der Waals surface area contributed by atoms with E-state index in [1.807, 2.05) is 54.6 Å². The molecule has 5 rings (SSSR count). The van der Waals surface area contributed by atoms with Crippen molar-refractivity contribution in [1.82, 2.24) is 4.31 Å². The highest BCUT2D eigenvalue weighted by Crippen LogP contribution is 2.72. The van der Waals surface area contributed by atoms with Crippen LogP contribution < -0.4 is 0 Å². The van der Waals surface area contributed by atoms with Gasteiger partial charge in [0, 0.05) is 28.5 Å². The summed E-state index contributed by atoms with van der Waals surface area (Å²) in [7, 11) is -0.606. The van der Waals surface area contributed by atoms with Gasteiger partial charge < -0.3 is 4.18 Å². The molecular formula is C19H13NO3S. The predicted octanol–water partition coefficient (Wildman–Crippen LogP) is 4.15. The van der Waals surface area contributed by atoms with Gasteiger partial charge >= 0.3 is 5.97 Å². The Morgan fingerprint density at radius 1 is 0.833 bits per heavy atom. The van der Waals surface area contributed by atoms with Crippen LogP contribution in [0.2, 0.25) is 0 Å². The summed E-state index contributed by atoms with van der Waals surface area (Å²) in [4.78, 5) is 27.2. The number of fused-ring (bicyclic) bond motifs is 3. The van der Waals surface area contributed by atoms with Crippen molar-refractivity contribution in [1.29, 1.82) is 0 Å². The molecule has 2 aliphatic rings. The van der Waals surface area contributed by atoms with E-state index < -0.39 is 10.5 Å². The fourth-order valence-electron chi connectivity index (χ4n) is 3.59. The molecule has 0 saturated heterocycles. The molecule has 0 fully saturated rings. The van der Waals surface area contributed by atoms with E-state index in [9.17, 15) is 9.59 Å². The van der Waals surface area contributed by atoms with Crippen molar-refractivity contribution in [2.75, 3.05) is 7.05 Å². The van der Waals surface area contributed by atoms with Gasteiger partial charge in [0.1, 0.15) is 0 Å². The van der Waals surface area contributed by atoms with Crippen LogP contribution >= 0.6 is 10.5 Å². The maximum atomic E-state index is 13.0. The van der Waals surface area contributed by atoms with Gasteiger partial charge in [-0.1, -0.05) is 36.4 Å². The van der Waals surface area contributed by atoms with Gasteiger partial charge in [-0.05, 0) is 29.7 Å². The third-order valence-corrected chi connectivity index (χ3v) is 7.89. The summed E-state index contributed by atoms with van der Waals surface area (Å²) in [6.07, 6.45) is 0. The second kappa shape index (κ2) is 4.39. The zero-order valence-electron chi connectivity index (χ0n) is 12.9. The maximum Gasteiger partial charge on any atom is 0.351 e. The number of rotatable bonds is 0. The zero-order valence-corrected chi connectivity index (χ0v) is 13.7. The molecule has 0 radical (unpaired) electrons. The van der Waals surface area contributed by atoms with E-state index in [2.05, 4.69) is 0 Å². The Labute approximate surface area is 140 Å². The Hall–Kier alpha value is -2.79. The molecule has 2 heterocycles. The Kier molecular flexibility index (Phi) is 2.49. The molecule has 1 atom stereocenters. The molecule has 1 unspecified atom stereocenters. The van der Waals surface area contributed by atoms with Crippen molar-refractivity contribution in [2.24, 2.45) is 0 Å². The minimum atomic E-state index is -2.33. The first kappa shape index (κ1) is 13.6. The van der Waals surface area contributed by atoms with Gasteiger partial charge in [-0.25, -0.2) is 4.79 Å². The van der Waals surface area contributed by atoms with Crippen LogP contribution in [-0.4, -0.2) is 23.2 Å². The van der Waals surface area contributed by atoms with E-state index >= 15 is 0 Å². The number of carbonyl (C=O) groups is 2. The van der Waals surface area contributed by atoms with E-state index in [1.54, 1.807) is 17.4 Å². The van der Waals surface area contributed by atoms with E-state index in [0.717, 1.165) is 20.6 Å². The Bertz CT molecular complexity index is 1060. The molecule has 24 heavy (non-hydrogen) atoms. The third-order valence-electron chi connectivity index (χ3n) is 4.67. The van der Waals surface area contributed by atoms with Crippen molar-refractivity contribution in [2.45, 2.75) is 9.79 Å². The summed E-state index contributed by atoms with van der Waals surface area (Å²) in [5.41, 5.74) is 1.20. The number of carbonyl (C=O) groups excluding carboxylic acids is 2. The summed E-state index contributed by atoms with van der Waals surface area (Å²) in [6.45, 7) is 0. The number of amides is 1. The van der Waals surface area contributed by atoms with Crippen LogP contribution in [0.4, 0.5) is 0 Å². The van der Waals surface area contributed by atoms with Crippen LogP contribution in [0.25, 0.3) is 10.8 Å². The second-order valence-electron chi connectivity index (χ2n) is 5.86. The van der Waals surface area contributed by atoms with Crippen molar-refractivity contribution in [3.8, 4) is 0 Å². The predicted molar refractivity (Wildman–Crippen MR) is 92.0 cm³/mol. The standard InChI is InChI=1S/C19H13NO3S/c1-20-18(21)14-9-4-6-12-7-5-11-16(17(12)14)24(20)15-10-3-2-8-13(15)19(22)23-24/h2-11H,1H3. The largest absolute Gasteiger partial charge is 0.383 e. The van der Waals surface area contributed by atoms with Gasteiger partial charge in [0.25, 0.3) is 5.91 Å². The minimum absolute atomic E-state index is 0.112. The molecule has 0 aromatic heterocycles. The summed E-state index contributed by atoms with van der Waals surface area (Å²) < 4.78 is 7.56. The molecule has 5 heteroatoms. The van der Waals surface area contributed by atoms with Crippen molar-refractivity contribution >= 4 is 33.1 Å². The zero-order chi connectivity index (χ0) is 16.5. The molecule has 0 N–H and O–H groups in total. The van der Waals surface area contributed by atoms with E-state index in [4.69, 9.17) is 4.18 Å². The lowest BCUT2D eigenvalue weighted by Crippen LogP contribution is -2.34. The monoisotopic (exact) mass is 335 g/mol. The molecule has 118 valence electrons. The summed E-state index contributed by atoms with van der Waals surface area (Å²) >= 11 is 0. The average Bonchev–Trinajstić information content (AvgIpc) is 2.92. The molecule has 3 aromatic carbocycles. The Balaban J connectivity index is 1.97. The van der Waals surface area contributed by atoms with Gasteiger partial charge in [0.15, 0.2) is 0 Å². The van der Waals surface area contributed by atoms with Gasteiger partial charge in [-0.3, -0.25) is 9.10 Å². The maximum absolute atomic E-state index is 13.0. The van der Waals surface area contributed by atoms with E-state index in [-0.39, 0.29) is 11.9 Å². The van der Waals surface area contributed by atoms with Crippen LogP contribution in [-0.2, 0) is 4.18 Å². The highest BCUT2D eigenvalue weighted by atomic mass is 32.3.